The summed E-state index contributed by atoms with van der Waals surface area (Å²) >= 11 is 0. The topological polar surface area (TPSA) is 15.3 Å². The van der Waals surface area contributed by atoms with Crippen LogP contribution in [0.25, 0.3) is 0 Å². The van der Waals surface area contributed by atoms with E-state index in [4.69, 9.17) is 0 Å². The Labute approximate surface area is 96.4 Å². The van der Waals surface area contributed by atoms with Crippen molar-refractivity contribution in [3.63, 3.8) is 0 Å². The van der Waals surface area contributed by atoms with Gasteiger partial charge in [-0.05, 0) is 59.3 Å². The highest BCUT2D eigenvalue weighted by Crippen LogP contribution is 2.04. The van der Waals surface area contributed by atoms with Crippen LogP contribution in [-0.4, -0.2) is 37.6 Å². The predicted molar refractivity (Wildman–Crippen MR) is 69.4 cm³/mol. The van der Waals surface area contributed by atoms with Crippen molar-refractivity contribution in [1.29, 1.82) is 0 Å². The first-order chi connectivity index (χ1) is 7.22. The Hall–Kier alpha value is -0.0800. The van der Waals surface area contributed by atoms with Crippen LogP contribution in [0.5, 0.6) is 0 Å². The molecule has 1 unspecified atom stereocenters. The van der Waals surface area contributed by atoms with Crippen molar-refractivity contribution in [2.75, 3.05) is 26.7 Å². The highest BCUT2D eigenvalue weighted by molar-refractivity contribution is 4.62. The van der Waals surface area contributed by atoms with Crippen molar-refractivity contribution in [3.05, 3.63) is 0 Å². The fourth-order valence-electron chi connectivity index (χ4n) is 1.77. The summed E-state index contributed by atoms with van der Waals surface area (Å²) in [6.45, 7) is 10.4. The molecular formula is C13H30N2. The summed E-state index contributed by atoms with van der Waals surface area (Å²) in [5.41, 5.74) is 0. The minimum absolute atomic E-state index is 0.749. The molecule has 0 saturated carbocycles. The number of unbranched alkanes of at least 4 members (excludes halogenated alkanes) is 1. The Morgan fingerprint density at radius 2 is 1.80 bits per heavy atom. The molecule has 2 heteroatoms. The average Bonchev–Trinajstić information content (AvgIpc) is 2.23. The SMILES string of the molecule is CCCNCCCCN(C)C(C)CCC. The molecular weight excluding hydrogens is 184 g/mol. The third kappa shape index (κ3) is 8.88. The van der Waals surface area contributed by atoms with E-state index in [9.17, 15) is 0 Å². The van der Waals surface area contributed by atoms with Crippen molar-refractivity contribution in [3.8, 4) is 0 Å². The van der Waals surface area contributed by atoms with Crippen LogP contribution < -0.4 is 5.32 Å². The first-order valence-electron chi connectivity index (χ1n) is 6.63. The molecule has 1 N–H and O–H groups in total. The summed E-state index contributed by atoms with van der Waals surface area (Å²) in [6.07, 6.45) is 6.49. The van der Waals surface area contributed by atoms with Gasteiger partial charge in [-0.2, -0.15) is 0 Å². The van der Waals surface area contributed by atoms with E-state index in [0.717, 1.165) is 6.04 Å². The second kappa shape index (κ2) is 10.4. The summed E-state index contributed by atoms with van der Waals surface area (Å²) in [4.78, 5) is 2.49. The second-order valence-corrected chi connectivity index (χ2v) is 4.58. The van der Waals surface area contributed by atoms with Crippen LogP contribution in [0.4, 0.5) is 0 Å². The molecule has 0 aliphatic carbocycles. The van der Waals surface area contributed by atoms with Crippen LogP contribution in [0.3, 0.4) is 0 Å². The smallest absolute Gasteiger partial charge is 0.00637 e. The lowest BCUT2D eigenvalue weighted by atomic mass is 10.1. The highest BCUT2D eigenvalue weighted by Gasteiger charge is 2.06. The Balaban J connectivity index is 3.26. The lowest BCUT2D eigenvalue weighted by Crippen LogP contribution is -2.30. The van der Waals surface area contributed by atoms with E-state index in [2.05, 4.69) is 38.0 Å². The maximum atomic E-state index is 3.44. The molecule has 0 fully saturated rings. The first kappa shape index (κ1) is 14.9. The normalized spacial score (nSPS) is 13.4. The van der Waals surface area contributed by atoms with E-state index in [1.54, 1.807) is 0 Å². The number of hydrogen-bond donors (Lipinski definition) is 1. The van der Waals surface area contributed by atoms with Gasteiger partial charge in [0.25, 0.3) is 0 Å². The Morgan fingerprint density at radius 1 is 1.07 bits per heavy atom. The average molecular weight is 214 g/mol. The van der Waals surface area contributed by atoms with Crippen molar-refractivity contribution >= 4 is 0 Å². The van der Waals surface area contributed by atoms with Gasteiger partial charge in [0.05, 0.1) is 0 Å². The summed E-state index contributed by atoms with van der Waals surface area (Å²) < 4.78 is 0. The third-order valence-electron chi connectivity index (χ3n) is 3.00. The molecule has 0 aromatic heterocycles. The molecule has 0 aromatic rings. The molecule has 0 aromatic carbocycles. The minimum Gasteiger partial charge on any atom is -0.317 e. The van der Waals surface area contributed by atoms with E-state index in [1.165, 1.54) is 51.7 Å². The van der Waals surface area contributed by atoms with Gasteiger partial charge in [-0.1, -0.05) is 20.3 Å². The van der Waals surface area contributed by atoms with Crippen LogP contribution >= 0.6 is 0 Å². The third-order valence-corrected chi connectivity index (χ3v) is 3.00. The molecule has 92 valence electrons. The zero-order valence-corrected chi connectivity index (χ0v) is 11.2. The second-order valence-electron chi connectivity index (χ2n) is 4.58. The Kier molecular flexibility index (Phi) is 10.4. The minimum atomic E-state index is 0.749. The van der Waals surface area contributed by atoms with Crippen LogP contribution in [0.1, 0.15) is 52.9 Å². The van der Waals surface area contributed by atoms with E-state index >= 15 is 0 Å². The summed E-state index contributed by atoms with van der Waals surface area (Å²) in [5.74, 6) is 0. The summed E-state index contributed by atoms with van der Waals surface area (Å²) in [6, 6.07) is 0.749. The van der Waals surface area contributed by atoms with Gasteiger partial charge < -0.3 is 10.2 Å². The quantitative estimate of drug-likeness (QED) is 0.563. The van der Waals surface area contributed by atoms with Crippen molar-refractivity contribution in [1.82, 2.24) is 10.2 Å². The van der Waals surface area contributed by atoms with Gasteiger partial charge in [0.15, 0.2) is 0 Å². The van der Waals surface area contributed by atoms with Crippen LogP contribution in [0, 0.1) is 0 Å². The standard InChI is InChI=1S/C13H30N2/c1-5-9-13(3)15(4)12-8-7-11-14-10-6-2/h13-14H,5-12H2,1-4H3. The van der Waals surface area contributed by atoms with Gasteiger partial charge in [-0.3, -0.25) is 0 Å². The van der Waals surface area contributed by atoms with E-state index in [0.29, 0.717) is 0 Å². The first-order valence-corrected chi connectivity index (χ1v) is 6.63. The molecule has 0 amide bonds. The molecule has 0 rings (SSSR count). The molecule has 0 radical (unpaired) electrons. The fraction of sp³-hybridized carbons (Fsp3) is 1.00. The van der Waals surface area contributed by atoms with E-state index < -0.39 is 0 Å². The lowest BCUT2D eigenvalue weighted by Gasteiger charge is -2.24. The lowest BCUT2D eigenvalue weighted by molar-refractivity contribution is 0.240. The van der Waals surface area contributed by atoms with Gasteiger partial charge in [-0.15, -0.1) is 0 Å². The monoisotopic (exact) mass is 214 g/mol. The molecule has 2 nitrogen and oxygen atoms in total. The molecule has 0 aliphatic rings. The molecule has 15 heavy (non-hydrogen) atoms. The zero-order chi connectivity index (χ0) is 11.5. The summed E-state index contributed by atoms with van der Waals surface area (Å²) in [7, 11) is 2.25. The van der Waals surface area contributed by atoms with Gasteiger partial charge >= 0.3 is 0 Å². The van der Waals surface area contributed by atoms with E-state index in [1.807, 2.05) is 0 Å². The number of nitrogens with zero attached hydrogens (tertiary/aromatic N) is 1. The predicted octanol–water partition coefficient (Wildman–Crippen LogP) is 2.89. The van der Waals surface area contributed by atoms with Crippen LogP contribution in [-0.2, 0) is 0 Å². The molecule has 0 bridgehead atoms. The van der Waals surface area contributed by atoms with Gasteiger partial charge in [0.2, 0.25) is 0 Å². The molecule has 0 heterocycles. The number of nitrogens with one attached hydrogen (secondary N) is 1. The van der Waals surface area contributed by atoms with Gasteiger partial charge in [0, 0.05) is 6.04 Å². The van der Waals surface area contributed by atoms with Crippen molar-refractivity contribution in [2.24, 2.45) is 0 Å². The maximum absolute atomic E-state index is 3.44. The molecule has 0 aliphatic heterocycles. The zero-order valence-electron chi connectivity index (χ0n) is 11.2. The number of rotatable bonds is 10. The Bertz CT molecular complexity index is 126. The van der Waals surface area contributed by atoms with Gasteiger partial charge in [0.1, 0.15) is 0 Å². The molecule has 1 atom stereocenters. The summed E-state index contributed by atoms with van der Waals surface area (Å²) in [5, 5.41) is 3.44. The van der Waals surface area contributed by atoms with Gasteiger partial charge in [-0.25, -0.2) is 0 Å². The number of hydrogen-bond acceptors (Lipinski definition) is 2. The van der Waals surface area contributed by atoms with Crippen LogP contribution in [0.15, 0.2) is 0 Å². The highest BCUT2D eigenvalue weighted by atomic mass is 15.1. The molecule has 0 saturated heterocycles. The van der Waals surface area contributed by atoms with E-state index in [-0.39, 0.29) is 0 Å². The molecule has 0 spiro atoms. The maximum Gasteiger partial charge on any atom is 0.00637 e. The van der Waals surface area contributed by atoms with Crippen molar-refractivity contribution < 1.29 is 0 Å². The fourth-order valence-corrected chi connectivity index (χ4v) is 1.77. The van der Waals surface area contributed by atoms with Crippen LogP contribution in [0.2, 0.25) is 0 Å². The van der Waals surface area contributed by atoms with Crippen molar-refractivity contribution in [2.45, 2.75) is 58.9 Å². The largest absolute Gasteiger partial charge is 0.317 e. The Morgan fingerprint density at radius 3 is 2.40 bits per heavy atom.